The summed E-state index contributed by atoms with van der Waals surface area (Å²) in [5.41, 5.74) is 1.14. The molecule has 2 aromatic rings. The standard InChI is InChI=1S/C13H13BrF2N2S/c1-6(12-7(2)19-8(3)18-12)17-13-10(14)4-9(15)5-11(13)16/h4-6,17H,1-3H3. The molecule has 0 aliphatic carbocycles. The Kier molecular flexibility index (Phi) is 4.20. The molecule has 2 rings (SSSR count). The van der Waals surface area contributed by atoms with Crippen molar-refractivity contribution < 1.29 is 8.78 Å². The first-order chi connectivity index (χ1) is 8.88. The number of hydrogen-bond acceptors (Lipinski definition) is 3. The second-order valence-electron chi connectivity index (χ2n) is 4.28. The summed E-state index contributed by atoms with van der Waals surface area (Å²) >= 11 is 4.76. The van der Waals surface area contributed by atoms with Crippen LogP contribution in [0.3, 0.4) is 0 Å². The molecule has 1 heterocycles. The molecule has 0 spiro atoms. The van der Waals surface area contributed by atoms with Crippen molar-refractivity contribution in [2.24, 2.45) is 0 Å². The number of rotatable bonds is 3. The lowest BCUT2D eigenvalue weighted by Gasteiger charge is -2.16. The van der Waals surface area contributed by atoms with Crippen LogP contribution in [0.1, 0.15) is 28.5 Å². The van der Waals surface area contributed by atoms with Crippen LogP contribution < -0.4 is 5.32 Å². The summed E-state index contributed by atoms with van der Waals surface area (Å²) in [5, 5.41) is 4.00. The average molecular weight is 347 g/mol. The van der Waals surface area contributed by atoms with Crippen LogP contribution in [0.25, 0.3) is 0 Å². The van der Waals surface area contributed by atoms with Crippen molar-refractivity contribution >= 4 is 33.0 Å². The summed E-state index contributed by atoms with van der Waals surface area (Å²) in [5.74, 6) is -1.23. The number of anilines is 1. The molecule has 6 heteroatoms. The van der Waals surface area contributed by atoms with E-state index in [0.29, 0.717) is 4.47 Å². The van der Waals surface area contributed by atoms with E-state index in [1.54, 1.807) is 11.3 Å². The molecule has 0 saturated carbocycles. The van der Waals surface area contributed by atoms with Gasteiger partial charge in [0.05, 0.1) is 22.4 Å². The molecule has 0 bridgehead atoms. The Morgan fingerprint density at radius 2 is 2.00 bits per heavy atom. The Morgan fingerprint density at radius 1 is 1.32 bits per heavy atom. The van der Waals surface area contributed by atoms with E-state index >= 15 is 0 Å². The van der Waals surface area contributed by atoms with Gasteiger partial charge in [0.2, 0.25) is 0 Å². The molecule has 1 N–H and O–H groups in total. The molecule has 0 fully saturated rings. The molecule has 19 heavy (non-hydrogen) atoms. The van der Waals surface area contributed by atoms with Gasteiger partial charge in [-0.25, -0.2) is 13.8 Å². The first-order valence-corrected chi connectivity index (χ1v) is 7.34. The Hall–Kier alpha value is -1.01. The molecule has 0 aliphatic heterocycles. The highest BCUT2D eigenvalue weighted by atomic mass is 79.9. The number of aromatic nitrogens is 1. The van der Waals surface area contributed by atoms with Gasteiger partial charge < -0.3 is 5.32 Å². The predicted octanol–water partition coefficient (Wildman–Crippen LogP) is 4.97. The van der Waals surface area contributed by atoms with Gasteiger partial charge in [-0.1, -0.05) is 0 Å². The number of aryl methyl sites for hydroxylation is 2. The highest BCUT2D eigenvalue weighted by Gasteiger charge is 2.17. The van der Waals surface area contributed by atoms with Gasteiger partial charge in [0.1, 0.15) is 11.6 Å². The lowest BCUT2D eigenvalue weighted by molar-refractivity contribution is 0.582. The first-order valence-electron chi connectivity index (χ1n) is 5.73. The Labute approximate surface area is 123 Å². The third-order valence-electron chi connectivity index (χ3n) is 2.72. The zero-order valence-corrected chi connectivity index (χ0v) is 13.1. The average Bonchev–Trinajstić information content (AvgIpc) is 2.62. The van der Waals surface area contributed by atoms with Crippen LogP contribution in [-0.2, 0) is 0 Å². The second kappa shape index (κ2) is 5.54. The van der Waals surface area contributed by atoms with Gasteiger partial charge in [0, 0.05) is 15.4 Å². The summed E-state index contributed by atoms with van der Waals surface area (Å²) in [4.78, 5) is 5.52. The van der Waals surface area contributed by atoms with E-state index in [2.05, 4.69) is 26.2 Å². The van der Waals surface area contributed by atoms with Crippen LogP contribution in [0.2, 0.25) is 0 Å². The molecule has 0 amide bonds. The largest absolute Gasteiger partial charge is 0.374 e. The predicted molar refractivity (Wildman–Crippen MR) is 77.7 cm³/mol. The maximum atomic E-state index is 13.7. The topological polar surface area (TPSA) is 24.9 Å². The van der Waals surface area contributed by atoms with Crippen molar-refractivity contribution in [2.75, 3.05) is 5.32 Å². The quantitative estimate of drug-likeness (QED) is 0.848. The summed E-state index contributed by atoms with van der Waals surface area (Å²) < 4.78 is 27.1. The van der Waals surface area contributed by atoms with Crippen molar-refractivity contribution in [1.82, 2.24) is 4.98 Å². The number of thiazole rings is 1. The monoisotopic (exact) mass is 346 g/mol. The van der Waals surface area contributed by atoms with E-state index in [4.69, 9.17) is 0 Å². The summed E-state index contributed by atoms with van der Waals surface area (Å²) in [6.07, 6.45) is 0. The van der Waals surface area contributed by atoms with Crippen LogP contribution >= 0.6 is 27.3 Å². The third-order valence-corrected chi connectivity index (χ3v) is 4.24. The minimum Gasteiger partial charge on any atom is -0.374 e. The van der Waals surface area contributed by atoms with Crippen LogP contribution in [0.4, 0.5) is 14.5 Å². The van der Waals surface area contributed by atoms with Gasteiger partial charge >= 0.3 is 0 Å². The van der Waals surface area contributed by atoms with E-state index in [1.807, 2.05) is 20.8 Å². The van der Waals surface area contributed by atoms with E-state index in [-0.39, 0.29) is 11.7 Å². The number of nitrogens with one attached hydrogen (secondary N) is 1. The molecule has 0 saturated heterocycles. The number of halogens is 3. The SMILES string of the molecule is Cc1nc(C(C)Nc2c(F)cc(F)cc2Br)c(C)s1. The van der Waals surface area contributed by atoms with E-state index in [9.17, 15) is 8.78 Å². The van der Waals surface area contributed by atoms with Gasteiger partial charge in [0.25, 0.3) is 0 Å². The Morgan fingerprint density at radius 3 is 2.53 bits per heavy atom. The molecule has 1 unspecified atom stereocenters. The number of nitrogens with zero attached hydrogens (tertiary/aromatic N) is 1. The van der Waals surface area contributed by atoms with Gasteiger partial charge in [-0.05, 0) is 42.8 Å². The molecular weight excluding hydrogens is 334 g/mol. The highest BCUT2D eigenvalue weighted by molar-refractivity contribution is 9.10. The molecule has 0 radical (unpaired) electrons. The van der Waals surface area contributed by atoms with Crippen molar-refractivity contribution in [3.8, 4) is 0 Å². The van der Waals surface area contributed by atoms with Crippen LogP contribution in [-0.4, -0.2) is 4.98 Å². The van der Waals surface area contributed by atoms with E-state index in [1.165, 1.54) is 6.07 Å². The number of benzene rings is 1. The van der Waals surface area contributed by atoms with Gasteiger partial charge in [-0.15, -0.1) is 11.3 Å². The molecule has 102 valence electrons. The van der Waals surface area contributed by atoms with Crippen molar-refractivity contribution in [2.45, 2.75) is 26.8 Å². The third kappa shape index (κ3) is 3.12. The molecular formula is C13H13BrF2N2S. The van der Waals surface area contributed by atoms with Gasteiger partial charge in [-0.2, -0.15) is 0 Å². The fourth-order valence-electron chi connectivity index (χ4n) is 1.91. The zero-order chi connectivity index (χ0) is 14.2. The fourth-order valence-corrected chi connectivity index (χ4v) is 3.35. The Bertz CT molecular complexity index is 590. The lowest BCUT2D eigenvalue weighted by atomic mass is 10.2. The molecule has 0 aliphatic rings. The zero-order valence-electron chi connectivity index (χ0n) is 10.7. The number of hydrogen-bond donors (Lipinski definition) is 1. The minimum atomic E-state index is -0.622. The second-order valence-corrected chi connectivity index (χ2v) is 6.55. The molecule has 1 atom stereocenters. The smallest absolute Gasteiger partial charge is 0.150 e. The minimum absolute atomic E-state index is 0.152. The van der Waals surface area contributed by atoms with Crippen molar-refractivity contribution in [3.63, 3.8) is 0 Å². The van der Waals surface area contributed by atoms with Gasteiger partial charge in [-0.3, -0.25) is 0 Å². The van der Waals surface area contributed by atoms with Crippen molar-refractivity contribution in [3.05, 3.63) is 43.8 Å². The maximum absolute atomic E-state index is 13.7. The molecule has 2 nitrogen and oxygen atoms in total. The first kappa shape index (κ1) is 14.4. The van der Waals surface area contributed by atoms with E-state index in [0.717, 1.165) is 21.6 Å². The lowest BCUT2D eigenvalue weighted by Crippen LogP contribution is -2.10. The van der Waals surface area contributed by atoms with Crippen LogP contribution in [0.15, 0.2) is 16.6 Å². The summed E-state index contributed by atoms with van der Waals surface area (Å²) in [6.45, 7) is 5.81. The summed E-state index contributed by atoms with van der Waals surface area (Å²) in [6, 6.07) is 1.94. The normalized spacial score (nSPS) is 12.5. The summed E-state index contributed by atoms with van der Waals surface area (Å²) in [7, 11) is 0. The fraction of sp³-hybridized carbons (Fsp3) is 0.308. The maximum Gasteiger partial charge on any atom is 0.150 e. The molecule has 1 aromatic heterocycles. The van der Waals surface area contributed by atoms with Crippen molar-refractivity contribution in [1.29, 1.82) is 0 Å². The Balaban J connectivity index is 2.29. The molecule has 1 aromatic carbocycles. The van der Waals surface area contributed by atoms with Gasteiger partial charge in [0.15, 0.2) is 0 Å². The van der Waals surface area contributed by atoms with Crippen LogP contribution in [0, 0.1) is 25.5 Å². The highest BCUT2D eigenvalue weighted by Crippen LogP contribution is 2.31. The van der Waals surface area contributed by atoms with Crippen LogP contribution in [0.5, 0.6) is 0 Å². The van der Waals surface area contributed by atoms with E-state index < -0.39 is 11.6 Å².